The zero-order valence-electron chi connectivity index (χ0n) is 43.5. The Hall–Kier alpha value is -8.71. The Morgan fingerprint density at radius 1 is 0.545 bits per heavy atom. The molecule has 2 N–H and O–H groups in total. The number of carbonyl (C=O) groups excluding carboxylic acids is 4. The van der Waals surface area contributed by atoms with Gasteiger partial charge in [0.1, 0.15) is 6.23 Å². The molecular weight excluding hydrogens is 961 g/mol. The number of aryl methyl sites for hydroxylation is 1. The first-order chi connectivity index (χ1) is 37.3. The molecule has 384 valence electrons. The Labute approximate surface area is 447 Å². The van der Waals surface area contributed by atoms with Crippen molar-refractivity contribution in [3.63, 3.8) is 0 Å². The number of hydrogen-bond donors (Lipinski definition) is 2. The average Bonchev–Trinajstić information content (AvgIpc) is 3.89. The summed E-state index contributed by atoms with van der Waals surface area (Å²) in [7, 11) is 1.74. The molecule has 5 aliphatic rings. The van der Waals surface area contributed by atoms with Gasteiger partial charge in [0.05, 0.1) is 58.3 Å². The van der Waals surface area contributed by atoms with Crippen molar-refractivity contribution in [1.82, 2.24) is 14.8 Å². The summed E-state index contributed by atoms with van der Waals surface area (Å²) in [5, 5.41) is 25.2. The maximum Gasteiger partial charge on any atom is 0.261 e. The van der Waals surface area contributed by atoms with E-state index in [0.717, 1.165) is 99.6 Å². The molecular formula is C65H58N6O6. The number of aromatic amines is 1. The number of imide groups is 2. The Morgan fingerprint density at radius 2 is 1.03 bits per heavy atom. The number of nitriles is 2. The number of methoxy groups -OCH3 is 1. The molecule has 1 aromatic heterocycles. The highest BCUT2D eigenvalue weighted by Crippen LogP contribution is 2.44. The van der Waals surface area contributed by atoms with E-state index >= 15 is 0 Å². The highest BCUT2D eigenvalue weighted by atomic mass is 16.5. The van der Waals surface area contributed by atoms with Gasteiger partial charge in [-0.25, -0.2) is 0 Å². The molecule has 0 fully saturated rings. The minimum Gasteiger partial charge on any atom is -0.358 e. The van der Waals surface area contributed by atoms with Crippen LogP contribution in [0.4, 0.5) is 5.69 Å². The number of allylic oxidation sites excluding steroid dienone is 1. The molecule has 4 amide bonds. The number of nitrogens with zero attached hydrogens (tertiary/aromatic N) is 4. The van der Waals surface area contributed by atoms with Gasteiger partial charge in [-0.05, 0) is 165 Å². The minimum atomic E-state index is -0.838. The van der Waals surface area contributed by atoms with E-state index in [4.69, 9.17) is 4.74 Å². The van der Waals surface area contributed by atoms with Gasteiger partial charge < -0.3 is 15.0 Å². The van der Waals surface area contributed by atoms with Crippen LogP contribution in [-0.2, 0) is 54.3 Å². The highest BCUT2D eigenvalue weighted by Gasteiger charge is 2.38. The number of H-pyrrole nitrogens is 1. The maximum atomic E-state index is 12.9. The predicted molar refractivity (Wildman–Crippen MR) is 295 cm³/mol. The van der Waals surface area contributed by atoms with Crippen molar-refractivity contribution in [1.29, 1.82) is 10.5 Å². The largest absolute Gasteiger partial charge is 0.358 e. The van der Waals surface area contributed by atoms with Crippen LogP contribution in [0.3, 0.4) is 0 Å². The summed E-state index contributed by atoms with van der Waals surface area (Å²) in [6.45, 7) is 4.24. The van der Waals surface area contributed by atoms with Gasteiger partial charge >= 0.3 is 0 Å². The molecule has 4 heterocycles. The fourth-order valence-electron chi connectivity index (χ4n) is 12.2. The monoisotopic (exact) mass is 1020 g/mol. The molecule has 0 radical (unpaired) electrons. The van der Waals surface area contributed by atoms with Gasteiger partial charge in [0.15, 0.2) is 0 Å². The molecule has 2 aliphatic carbocycles. The lowest BCUT2D eigenvalue weighted by atomic mass is 9.76. The van der Waals surface area contributed by atoms with Gasteiger partial charge in [-0.3, -0.25) is 33.8 Å². The van der Waals surface area contributed by atoms with Crippen LogP contribution in [0.1, 0.15) is 144 Å². The Bertz CT molecular complexity index is 3710. The number of anilines is 1. The van der Waals surface area contributed by atoms with Crippen LogP contribution in [-0.4, -0.2) is 51.8 Å². The number of fused-ring (bicyclic) bond motifs is 7. The van der Waals surface area contributed by atoms with Crippen LogP contribution in [0.2, 0.25) is 0 Å². The van der Waals surface area contributed by atoms with E-state index in [1.54, 1.807) is 55.6 Å². The number of rotatable bonds is 11. The van der Waals surface area contributed by atoms with Crippen LogP contribution in [0.5, 0.6) is 0 Å². The molecule has 6 aromatic carbocycles. The van der Waals surface area contributed by atoms with Crippen molar-refractivity contribution in [2.24, 2.45) is 0 Å². The van der Waals surface area contributed by atoms with Crippen molar-refractivity contribution in [3.8, 4) is 12.1 Å². The molecule has 77 heavy (non-hydrogen) atoms. The molecule has 0 bridgehead atoms. The summed E-state index contributed by atoms with van der Waals surface area (Å²) in [6.07, 6.45) is 9.14. The molecule has 12 rings (SSSR count). The molecule has 7 aromatic rings. The molecule has 0 saturated heterocycles. The van der Waals surface area contributed by atoms with Crippen molar-refractivity contribution in [2.75, 3.05) is 12.4 Å². The topological polar surface area (TPSA) is 176 Å². The van der Waals surface area contributed by atoms with Gasteiger partial charge in [0, 0.05) is 34.8 Å². The molecule has 3 unspecified atom stereocenters. The van der Waals surface area contributed by atoms with Gasteiger partial charge in [-0.15, -0.1) is 0 Å². The molecule has 12 heteroatoms. The van der Waals surface area contributed by atoms with Crippen molar-refractivity contribution >= 4 is 45.8 Å². The second kappa shape index (κ2) is 20.4. The second-order valence-corrected chi connectivity index (χ2v) is 21.5. The van der Waals surface area contributed by atoms with Gasteiger partial charge in [-0.2, -0.15) is 10.5 Å². The lowest BCUT2D eigenvalue weighted by Crippen LogP contribution is -2.31. The summed E-state index contributed by atoms with van der Waals surface area (Å²) in [6, 6.07) is 46.7. The van der Waals surface area contributed by atoms with E-state index in [1.165, 1.54) is 39.4 Å². The zero-order valence-corrected chi connectivity index (χ0v) is 43.5. The summed E-state index contributed by atoms with van der Waals surface area (Å²) in [5.41, 5.74) is 13.3. The van der Waals surface area contributed by atoms with Crippen molar-refractivity contribution < 1.29 is 23.9 Å². The number of carbonyl (C=O) groups is 4. The highest BCUT2D eigenvalue weighted by molar-refractivity contribution is 6.22. The maximum absolute atomic E-state index is 12.9. The first-order valence-corrected chi connectivity index (χ1v) is 26.5. The first kappa shape index (κ1) is 50.4. The molecule has 3 aliphatic heterocycles. The summed E-state index contributed by atoms with van der Waals surface area (Å²) >= 11 is 0. The predicted octanol–water partition coefficient (Wildman–Crippen LogP) is 11.5. The number of aromatic nitrogens is 1. The zero-order chi connectivity index (χ0) is 53.6. The molecule has 0 spiro atoms. The smallest absolute Gasteiger partial charge is 0.261 e. The lowest BCUT2D eigenvalue weighted by Gasteiger charge is -2.35. The normalized spacial score (nSPS) is 17.9. The van der Waals surface area contributed by atoms with E-state index < -0.39 is 10.8 Å². The van der Waals surface area contributed by atoms with Crippen molar-refractivity contribution in [2.45, 2.75) is 108 Å². The van der Waals surface area contributed by atoms with E-state index in [0.29, 0.717) is 35.1 Å². The van der Waals surface area contributed by atoms with Gasteiger partial charge in [0.2, 0.25) is 0 Å². The van der Waals surface area contributed by atoms with E-state index in [9.17, 15) is 34.5 Å². The summed E-state index contributed by atoms with van der Waals surface area (Å²) < 4.78 is 5.78. The Kier molecular flexibility index (Phi) is 13.4. The number of ether oxygens (including phenoxy) is 1. The number of hydrogen-bond acceptors (Lipinski definition) is 9. The fourth-order valence-corrected chi connectivity index (χ4v) is 12.2. The van der Waals surface area contributed by atoms with Crippen molar-refractivity contribution in [3.05, 3.63) is 222 Å². The van der Waals surface area contributed by atoms with Gasteiger partial charge in [0.25, 0.3) is 29.2 Å². The van der Waals surface area contributed by atoms with Crippen LogP contribution in [0.15, 0.2) is 144 Å². The summed E-state index contributed by atoms with van der Waals surface area (Å²) in [5.74, 6) is -1.11. The third-order valence-electron chi connectivity index (χ3n) is 16.3. The number of nitrogens with one attached hydrogen (secondary N) is 2. The average molecular weight is 1020 g/mol. The SMILES string of the molecule is CC(C#N)(Cc1cccc(CN2C(=O)c3ccccc3C2=O)c1)c1ccc2c3c(c(=O)[nH]c2c1)CCCC3.COC1Nc2cc(C(C)(C#N)Cc3cccc(CN4C(=O)c5ccccc5C4=O)c3)ccc2C2=C1CCCC2. The van der Waals surface area contributed by atoms with Crippen LogP contribution in [0.25, 0.3) is 16.5 Å². The summed E-state index contributed by atoms with van der Waals surface area (Å²) in [4.78, 5) is 69.7. The standard InChI is InChI=1S/C33H31N3O3.C32H27N3O3/c1-33(20-34,23-14-15-25-24-10-3-4-11-26(24)30(39-2)35-29(25)17-23)18-21-8-7-9-22(16-21)19-36-31(37)27-12-5-6-13-28(27)32(36)38;1-32(19-33,22-13-14-24-23-9-2-3-10-25(23)29(36)34-28(24)16-22)17-20-7-6-8-21(15-20)18-35-30(37)26-11-4-5-12-27(26)31(35)38/h5-9,12-17,30,35H,3-4,10-11,18-19H2,1-2H3;4-8,11-16H,2-3,9-10,17-18H2,1H3,(H,34,36). The molecule has 12 nitrogen and oxygen atoms in total. The molecule has 3 atom stereocenters. The van der Waals surface area contributed by atoms with Crippen LogP contribution >= 0.6 is 0 Å². The number of amides is 4. The van der Waals surface area contributed by atoms with E-state index in [1.807, 2.05) is 80.6 Å². The van der Waals surface area contributed by atoms with E-state index in [2.05, 4.69) is 40.6 Å². The quantitative estimate of drug-likeness (QED) is 0.119. The van der Waals surface area contributed by atoms with E-state index in [-0.39, 0.29) is 48.5 Å². The Morgan fingerprint density at radius 3 is 1.56 bits per heavy atom. The van der Waals surface area contributed by atoms with Crippen LogP contribution < -0.4 is 10.9 Å². The second-order valence-electron chi connectivity index (χ2n) is 21.5. The number of benzene rings is 6. The lowest BCUT2D eigenvalue weighted by molar-refractivity contribution is 0.0627. The fraction of sp³-hybridized carbons (Fsp3) is 0.277. The Balaban J connectivity index is 0.000000164. The molecule has 0 saturated carbocycles. The van der Waals surface area contributed by atoms with Gasteiger partial charge in [-0.1, -0.05) is 97.1 Å². The third-order valence-corrected chi connectivity index (χ3v) is 16.3. The van der Waals surface area contributed by atoms with Crippen LogP contribution in [0, 0.1) is 22.7 Å². The number of pyridine rings is 1. The first-order valence-electron chi connectivity index (χ1n) is 26.5. The minimum absolute atomic E-state index is 0.0242. The third kappa shape index (κ3) is 9.34.